The first-order valence-corrected chi connectivity index (χ1v) is 8.81. The van der Waals surface area contributed by atoms with Crippen molar-refractivity contribution in [2.45, 2.75) is 33.0 Å². The van der Waals surface area contributed by atoms with Crippen LogP contribution in [0.4, 0.5) is 4.79 Å². The second-order valence-electron chi connectivity index (χ2n) is 5.90. The molecule has 4 nitrogen and oxygen atoms in total. The molecule has 5 heteroatoms. The van der Waals surface area contributed by atoms with Crippen molar-refractivity contribution in [3.63, 3.8) is 0 Å². The van der Waals surface area contributed by atoms with E-state index >= 15 is 0 Å². The van der Waals surface area contributed by atoms with Crippen LogP contribution in [-0.2, 0) is 17.9 Å². The summed E-state index contributed by atoms with van der Waals surface area (Å²) < 4.78 is 5.49. The highest BCUT2D eigenvalue weighted by molar-refractivity contribution is 6.30. The van der Waals surface area contributed by atoms with E-state index < -0.39 is 0 Å². The van der Waals surface area contributed by atoms with Crippen LogP contribution in [0.2, 0.25) is 5.02 Å². The molecule has 1 unspecified atom stereocenters. The Balaban J connectivity index is 1.96. The predicted molar refractivity (Wildman–Crippen MR) is 102 cm³/mol. The first kappa shape index (κ1) is 19.3. The summed E-state index contributed by atoms with van der Waals surface area (Å²) in [5, 5.41) is 3.67. The number of nitrogens with zero attached hydrogens (tertiary/aromatic N) is 1. The molecule has 0 aliphatic carbocycles. The molecule has 0 aliphatic rings. The normalized spacial score (nSPS) is 11.8. The molecule has 0 fully saturated rings. The molecule has 0 saturated heterocycles. The van der Waals surface area contributed by atoms with Gasteiger partial charge in [-0.2, -0.15) is 0 Å². The average Bonchev–Trinajstić information content (AvgIpc) is 2.64. The number of hydrogen-bond acceptors (Lipinski definition) is 2. The van der Waals surface area contributed by atoms with Crippen molar-refractivity contribution < 1.29 is 9.53 Å². The summed E-state index contributed by atoms with van der Waals surface area (Å²) in [5.74, 6) is 0. The van der Waals surface area contributed by atoms with Gasteiger partial charge < -0.3 is 15.0 Å². The van der Waals surface area contributed by atoms with Crippen LogP contribution in [0.1, 0.15) is 36.6 Å². The molecule has 0 saturated carbocycles. The third-order valence-electron chi connectivity index (χ3n) is 4.26. The minimum atomic E-state index is -0.117. The van der Waals surface area contributed by atoms with Gasteiger partial charge in [-0.1, -0.05) is 48.0 Å². The van der Waals surface area contributed by atoms with Crippen molar-refractivity contribution in [3.8, 4) is 0 Å². The van der Waals surface area contributed by atoms with Crippen LogP contribution in [0.15, 0.2) is 48.5 Å². The van der Waals surface area contributed by atoms with Crippen molar-refractivity contribution >= 4 is 17.6 Å². The zero-order valence-electron chi connectivity index (χ0n) is 15.0. The monoisotopic (exact) mass is 360 g/mol. The molecule has 1 atom stereocenters. The molecule has 0 spiro atoms. The number of halogens is 1. The Morgan fingerprint density at radius 3 is 2.44 bits per heavy atom. The predicted octanol–water partition coefficient (Wildman–Crippen LogP) is 4.78. The molecule has 2 aromatic rings. The quantitative estimate of drug-likeness (QED) is 0.772. The van der Waals surface area contributed by atoms with Crippen molar-refractivity contribution in [1.29, 1.82) is 0 Å². The molecule has 2 aromatic carbocycles. The van der Waals surface area contributed by atoms with E-state index in [4.69, 9.17) is 16.3 Å². The van der Waals surface area contributed by atoms with Crippen LogP contribution in [0.3, 0.4) is 0 Å². The standard InChI is InChI=1S/C20H25ClN2O2/c1-4-25-14-18-8-6-5-7-17(18)13-22-20(24)23(3)15(2)16-9-11-19(21)12-10-16/h5-12,15H,4,13-14H2,1-3H3,(H,22,24). The number of hydrogen-bond donors (Lipinski definition) is 1. The molecule has 0 heterocycles. The third kappa shape index (κ3) is 5.48. The van der Waals surface area contributed by atoms with Crippen molar-refractivity contribution in [2.24, 2.45) is 0 Å². The lowest BCUT2D eigenvalue weighted by Crippen LogP contribution is -2.38. The van der Waals surface area contributed by atoms with E-state index in [1.165, 1.54) is 0 Å². The Morgan fingerprint density at radius 1 is 1.16 bits per heavy atom. The first-order valence-electron chi connectivity index (χ1n) is 8.43. The van der Waals surface area contributed by atoms with Crippen LogP contribution in [0, 0.1) is 0 Å². The van der Waals surface area contributed by atoms with Gasteiger partial charge >= 0.3 is 6.03 Å². The van der Waals surface area contributed by atoms with Crippen LogP contribution in [0.25, 0.3) is 0 Å². The van der Waals surface area contributed by atoms with Crippen molar-refractivity contribution in [3.05, 3.63) is 70.2 Å². The van der Waals surface area contributed by atoms with E-state index in [2.05, 4.69) is 5.32 Å². The van der Waals surface area contributed by atoms with Gasteiger partial charge in [0.15, 0.2) is 0 Å². The van der Waals surface area contributed by atoms with Crippen LogP contribution < -0.4 is 5.32 Å². The van der Waals surface area contributed by atoms with Crippen LogP contribution in [0.5, 0.6) is 0 Å². The maximum Gasteiger partial charge on any atom is 0.317 e. The van der Waals surface area contributed by atoms with Gasteiger partial charge in [0.2, 0.25) is 0 Å². The van der Waals surface area contributed by atoms with Gasteiger partial charge in [-0.25, -0.2) is 4.79 Å². The molecule has 134 valence electrons. The molecular formula is C20H25ClN2O2. The van der Waals surface area contributed by atoms with Gasteiger partial charge in [0, 0.05) is 25.2 Å². The summed E-state index contributed by atoms with van der Waals surface area (Å²) in [6, 6.07) is 15.4. The average molecular weight is 361 g/mol. The van der Waals surface area contributed by atoms with Crippen LogP contribution in [-0.4, -0.2) is 24.6 Å². The summed E-state index contributed by atoms with van der Waals surface area (Å²) in [6.07, 6.45) is 0. The molecule has 0 bridgehead atoms. The summed E-state index contributed by atoms with van der Waals surface area (Å²) >= 11 is 5.92. The number of urea groups is 1. The van der Waals surface area contributed by atoms with Gasteiger partial charge in [0.1, 0.15) is 0 Å². The summed E-state index contributed by atoms with van der Waals surface area (Å²) in [4.78, 5) is 14.2. The van der Waals surface area contributed by atoms with E-state index in [0.717, 1.165) is 16.7 Å². The Hall–Kier alpha value is -2.04. The lowest BCUT2D eigenvalue weighted by molar-refractivity contribution is 0.133. The van der Waals surface area contributed by atoms with E-state index in [9.17, 15) is 4.79 Å². The molecule has 0 aliphatic heterocycles. The number of carbonyl (C=O) groups excluding carboxylic acids is 1. The first-order chi connectivity index (χ1) is 12.0. The Labute approximate surface area is 154 Å². The van der Waals surface area contributed by atoms with Gasteiger partial charge in [-0.3, -0.25) is 0 Å². The van der Waals surface area contributed by atoms with E-state index in [-0.39, 0.29) is 12.1 Å². The minimum Gasteiger partial charge on any atom is -0.377 e. The zero-order chi connectivity index (χ0) is 18.2. The summed E-state index contributed by atoms with van der Waals surface area (Å²) in [7, 11) is 1.79. The molecule has 25 heavy (non-hydrogen) atoms. The number of carbonyl (C=O) groups is 1. The second kappa shape index (κ2) is 9.44. The second-order valence-corrected chi connectivity index (χ2v) is 6.34. The van der Waals surface area contributed by atoms with E-state index in [1.54, 1.807) is 11.9 Å². The number of benzene rings is 2. The number of ether oxygens (including phenoxy) is 1. The Kier molecular flexibility index (Phi) is 7.29. The number of rotatable bonds is 7. The van der Waals surface area contributed by atoms with Gasteiger partial charge in [0.25, 0.3) is 0 Å². The van der Waals surface area contributed by atoms with Crippen LogP contribution >= 0.6 is 11.6 Å². The maximum absolute atomic E-state index is 12.5. The highest BCUT2D eigenvalue weighted by Gasteiger charge is 2.17. The molecule has 2 amide bonds. The smallest absolute Gasteiger partial charge is 0.317 e. The fourth-order valence-corrected chi connectivity index (χ4v) is 2.65. The molecular weight excluding hydrogens is 336 g/mol. The third-order valence-corrected chi connectivity index (χ3v) is 4.52. The lowest BCUT2D eigenvalue weighted by atomic mass is 10.1. The topological polar surface area (TPSA) is 41.6 Å². The molecule has 0 aromatic heterocycles. The van der Waals surface area contributed by atoms with Gasteiger partial charge in [-0.15, -0.1) is 0 Å². The zero-order valence-corrected chi connectivity index (χ0v) is 15.7. The SMILES string of the molecule is CCOCc1ccccc1CNC(=O)N(C)C(C)c1ccc(Cl)cc1. The summed E-state index contributed by atoms with van der Waals surface area (Å²) in [5.41, 5.74) is 3.20. The largest absolute Gasteiger partial charge is 0.377 e. The maximum atomic E-state index is 12.5. The van der Waals surface area contributed by atoms with Gasteiger partial charge in [0.05, 0.1) is 12.6 Å². The Morgan fingerprint density at radius 2 is 1.80 bits per heavy atom. The molecule has 0 radical (unpaired) electrons. The van der Waals surface area contributed by atoms with Gasteiger partial charge in [-0.05, 0) is 42.7 Å². The van der Waals surface area contributed by atoms with Crippen molar-refractivity contribution in [2.75, 3.05) is 13.7 Å². The lowest BCUT2D eigenvalue weighted by Gasteiger charge is -2.26. The molecule has 2 rings (SSSR count). The van der Waals surface area contributed by atoms with E-state index in [1.807, 2.05) is 62.4 Å². The number of nitrogens with one attached hydrogen (secondary N) is 1. The highest BCUT2D eigenvalue weighted by atomic mass is 35.5. The van der Waals surface area contributed by atoms with Crippen molar-refractivity contribution in [1.82, 2.24) is 10.2 Å². The minimum absolute atomic E-state index is 0.0454. The van der Waals surface area contributed by atoms with E-state index in [0.29, 0.717) is 24.8 Å². The Bertz CT molecular complexity index is 688. The fourth-order valence-electron chi connectivity index (χ4n) is 2.52. The fraction of sp³-hybridized carbons (Fsp3) is 0.350. The summed E-state index contributed by atoms with van der Waals surface area (Å²) in [6.45, 7) is 5.66. The number of amides is 2. The highest BCUT2D eigenvalue weighted by Crippen LogP contribution is 2.21. The molecule has 1 N–H and O–H groups in total.